The van der Waals surface area contributed by atoms with Gasteiger partial charge in [-0.15, -0.1) is 0 Å². The molecule has 4 rings (SSSR count). The van der Waals surface area contributed by atoms with Crippen LogP contribution in [0, 0.1) is 5.92 Å². The summed E-state index contributed by atoms with van der Waals surface area (Å²) in [6.07, 6.45) is 4.24. The van der Waals surface area contributed by atoms with Gasteiger partial charge in [0.15, 0.2) is 5.60 Å². The van der Waals surface area contributed by atoms with E-state index in [4.69, 9.17) is 14.0 Å². The summed E-state index contributed by atoms with van der Waals surface area (Å²) < 4.78 is 10.5. The molecule has 3 aliphatic rings. The predicted octanol–water partition coefficient (Wildman–Crippen LogP) is 1.07. The van der Waals surface area contributed by atoms with Crippen molar-refractivity contribution in [3.8, 4) is 0 Å². The first kappa shape index (κ1) is 17.1. The first-order valence-corrected chi connectivity index (χ1v) is 9.07. The maximum atomic E-state index is 12.7. The summed E-state index contributed by atoms with van der Waals surface area (Å²) in [6.45, 7) is 2.74. The topological polar surface area (TPSA) is 93.4 Å². The smallest absolute Gasteiger partial charge is 0.269 e. The molecule has 0 aliphatic carbocycles. The van der Waals surface area contributed by atoms with Gasteiger partial charge >= 0.3 is 0 Å². The van der Waals surface area contributed by atoms with E-state index in [1.165, 1.54) is 0 Å². The monoisotopic (exact) mass is 361 g/mol. The molecule has 0 unspecified atom stereocenters. The number of rotatable bonds is 4. The van der Waals surface area contributed by atoms with E-state index in [0.717, 1.165) is 12.8 Å². The Bertz CT molecular complexity index is 696. The van der Waals surface area contributed by atoms with Crippen molar-refractivity contribution in [2.24, 2.45) is 11.1 Å². The molecule has 0 aromatic carbocycles. The Morgan fingerprint density at radius 2 is 2.19 bits per heavy atom. The third-order valence-electron chi connectivity index (χ3n) is 5.30. The van der Waals surface area contributed by atoms with Gasteiger partial charge in [-0.2, -0.15) is 0 Å². The molecule has 0 bridgehead atoms. The Hall–Kier alpha value is -2.35. The number of nitrogens with one attached hydrogen (secondary N) is 1. The van der Waals surface area contributed by atoms with Gasteiger partial charge in [-0.25, -0.2) is 0 Å². The van der Waals surface area contributed by atoms with Crippen molar-refractivity contribution in [3.63, 3.8) is 0 Å². The van der Waals surface area contributed by atoms with Gasteiger partial charge in [0.1, 0.15) is 11.5 Å². The van der Waals surface area contributed by atoms with Crippen LogP contribution in [0.4, 0.5) is 0 Å². The third-order valence-corrected chi connectivity index (χ3v) is 5.30. The third kappa shape index (κ3) is 3.46. The fourth-order valence-electron chi connectivity index (χ4n) is 3.78. The number of ether oxygens (including phenoxy) is 1. The summed E-state index contributed by atoms with van der Waals surface area (Å²) in [7, 11) is 0. The van der Waals surface area contributed by atoms with Crippen molar-refractivity contribution in [3.05, 3.63) is 24.2 Å². The molecule has 3 aliphatic heterocycles. The highest BCUT2D eigenvalue weighted by atomic mass is 16.7. The zero-order valence-corrected chi connectivity index (χ0v) is 14.6. The van der Waals surface area contributed by atoms with Gasteiger partial charge in [-0.05, 0) is 25.0 Å². The van der Waals surface area contributed by atoms with Crippen LogP contribution in [0.25, 0.3) is 0 Å². The van der Waals surface area contributed by atoms with Crippen molar-refractivity contribution in [2.45, 2.75) is 37.8 Å². The van der Waals surface area contributed by atoms with Crippen LogP contribution in [-0.2, 0) is 25.7 Å². The highest BCUT2D eigenvalue weighted by Gasteiger charge is 2.48. The second kappa shape index (κ2) is 7.11. The number of hydrogen-bond acceptors (Lipinski definition) is 6. The summed E-state index contributed by atoms with van der Waals surface area (Å²) in [6, 6.07) is 3.57. The zero-order chi connectivity index (χ0) is 18.0. The Labute approximate surface area is 151 Å². The average Bonchev–Trinajstić information content (AvgIpc) is 3.42. The molecule has 4 heterocycles. The highest BCUT2D eigenvalue weighted by Crippen LogP contribution is 2.35. The standard InChI is InChI=1S/C18H23N3O5/c22-16(19-11-14-2-1-7-25-14)15-10-18(26-20-15)5-6-21(12-18)17(23)13-3-8-24-9-4-13/h1-2,7,13H,3-6,8-12H2,(H,19,22)/t18-/m0/s1. The molecule has 1 aromatic rings. The Balaban J connectivity index is 1.29. The molecule has 1 atom stereocenters. The Morgan fingerprint density at radius 1 is 1.35 bits per heavy atom. The second-order valence-corrected chi connectivity index (χ2v) is 7.15. The molecule has 1 aromatic heterocycles. The van der Waals surface area contributed by atoms with Crippen molar-refractivity contribution in [1.82, 2.24) is 10.2 Å². The molecular formula is C18H23N3O5. The van der Waals surface area contributed by atoms with Crippen LogP contribution >= 0.6 is 0 Å². The molecule has 8 heteroatoms. The van der Waals surface area contributed by atoms with Crippen LogP contribution in [0.3, 0.4) is 0 Å². The van der Waals surface area contributed by atoms with E-state index >= 15 is 0 Å². The number of likely N-dealkylation sites (tertiary alicyclic amines) is 1. The lowest BCUT2D eigenvalue weighted by atomic mass is 9.96. The largest absolute Gasteiger partial charge is 0.467 e. The van der Waals surface area contributed by atoms with Crippen molar-refractivity contribution in [2.75, 3.05) is 26.3 Å². The minimum absolute atomic E-state index is 0.0392. The number of furan rings is 1. The maximum Gasteiger partial charge on any atom is 0.269 e. The number of carbonyl (C=O) groups is 2. The van der Waals surface area contributed by atoms with Gasteiger partial charge in [0.05, 0.1) is 19.4 Å². The van der Waals surface area contributed by atoms with E-state index in [2.05, 4.69) is 10.5 Å². The molecule has 0 radical (unpaired) electrons. The lowest BCUT2D eigenvalue weighted by Crippen LogP contribution is -2.41. The summed E-state index contributed by atoms with van der Waals surface area (Å²) in [5.41, 5.74) is -0.185. The molecule has 0 saturated carbocycles. The van der Waals surface area contributed by atoms with Crippen molar-refractivity contribution < 1.29 is 23.6 Å². The normalized spacial score (nSPS) is 26.0. The summed E-state index contributed by atoms with van der Waals surface area (Å²) in [5.74, 6) is 0.635. The summed E-state index contributed by atoms with van der Waals surface area (Å²) in [5, 5.41) is 6.77. The Morgan fingerprint density at radius 3 is 2.96 bits per heavy atom. The van der Waals surface area contributed by atoms with Gasteiger partial charge in [0.2, 0.25) is 5.91 Å². The number of nitrogens with zero attached hydrogens (tertiary/aromatic N) is 2. The minimum atomic E-state index is -0.557. The van der Waals surface area contributed by atoms with Crippen LogP contribution in [0.2, 0.25) is 0 Å². The maximum absolute atomic E-state index is 12.7. The van der Waals surface area contributed by atoms with Crippen LogP contribution < -0.4 is 5.32 Å². The van der Waals surface area contributed by atoms with Crippen molar-refractivity contribution in [1.29, 1.82) is 0 Å². The van der Waals surface area contributed by atoms with E-state index in [-0.39, 0.29) is 17.7 Å². The molecule has 26 heavy (non-hydrogen) atoms. The minimum Gasteiger partial charge on any atom is -0.467 e. The first-order valence-electron chi connectivity index (χ1n) is 9.07. The fourth-order valence-corrected chi connectivity index (χ4v) is 3.78. The van der Waals surface area contributed by atoms with Gasteiger partial charge in [0.25, 0.3) is 5.91 Å². The zero-order valence-electron chi connectivity index (χ0n) is 14.6. The highest BCUT2D eigenvalue weighted by molar-refractivity contribution is 6.39. The van der Waals surface area contributed by atoms with Gasteiger partial charge in [-0.3, -0.25) is 9.59 Å². The second-order valence-electron chi connectivity index (χ2n) is 7.15. The molecule has 2 fully saturated rings. The lowest BCUT2D eigenvalue weighted by molar-refractivity contribution is -0.138. The van der Waals surface area contributed by atoms with E-state index in [1.807, 2.05) is 4.90 Å². The van der Waals surface area contributed by atoms with Crippen LogP contribution in [0.1, 0.15) is 31.4 Å². The molecule has 1 spiro atoms. The average molecular weight is 361 g/mol. The molecular weight excluding hydrogens is 338 g/mol. The first-order chi connectivity index (χ1) is 12.7. The quantitative estimate of drug-likeness (QED) is 0.866. The molecule has 8 nitrogen and oxygen atoms in total. The Kier molecular flexibility index (Phi) is 4.67. The van der Waals surface area contributed by atoms with E-state index in [9.17, 15) is 9.59 Å². The molecule has 1 N–H and O–H groups in total. The van der Waals surface area contributed by atoms with Gasteiger partial charge in [-0.1, -0.05) is 5.16 Å². The van der Waals surface area contributed by atoms with Gasteiger partial charge in [0, 0.05) is 38.5 Å². The number of oxime groups is 1. The number of carbonyl (C=O) groups excluding carboxylic acids is 2. The molecule has 140 valence electrons. The van der Waals surface area contributed by atoms with E-state index in [1.54, 1.807) is 18.4 Å². The van der Waals surface area contributed by atoms with Crippen molar-refractivity contribution >= 4 is 17.5 Å². The molecule has 2 amide bonds. The number of amides is 2. The van der Waals surface area contributed by atoms with Crippen LogP contribution in [0.15, 0.2) is 28.0 Å². The van der Waals surface area contributed by atoms with E-state index < -0.39 is 5.60 Å². The SMILES string of the molecule is O=C(NCc1ccco1)C1=NO[C@@]2(CCN(C(=O)C3CCOCC3)C2)C1. The fraction of sp³-hybridized carbons (Fsp3) is 0.611. The van der Waals surface area contributed by atoms with Gasteiger partial charge < -0.3 is 24.2 Å². The predicted molar refractivity (Wildman–Crippen MR) is 91.2 cm³/mol. The lowest BCUT2D eigenvalue weighted by Gasteiger charge is -2.27. The number of hydrogen-bond donors (Lipinski definition) is 1. The molecule has 2 saturated heterocycles. The van der Waals surface area contributed by atoms with Crippen LogP contribution in [0.5, 0.6) is 0 Å². The summed E-state index contributed by atoms with van der Waals surface area (Å²) >= 11 is 0. The van der Waals surface area contributed by atoms with Crippen LogP contribution in [-0.4, -0.2) is 54.3 Å². The summed E-state index contributed by atoms with van der Waals surface area (Å²) in [4.78, 5) is 32.4. The van der Waals surface area contributed by atoms with E-state index in [0.29, 0.717) is 57.2 Å².